The second-order valence-electron chi connectivity index (χ2n) is 4.23. The van der Waals surface area contributed by atoms with E-state index in [1.54, 1.807) is 19.2 Å². The normalized spacial score (nSPS) is 11.1. The van der Waals surface area contributed by atoms with E-state index < -0.39 is 11.3 Å². The Morgan fingerprint density at radius 1 is 1.47 bits per heavy atom. The molecule has 0 saturated carbocycles. The van der Waals surface area contributed by atoms with Crippen molar-refractivity contribution in [1.82, 2.24) is 4.90 Å². The second-order valence-corrected chi connectivity index (χ2v) is 4.23. The van der Waals surface area contributed by atoms with E-state index >= 15 is 0 Å². The fourth-order valence-electron chi connectivity index (χ4n) is 1.78. The van der Waals surface area contributed by atoms with E-state index in [9.17, 15) is 18.9 Å². The highest BCUT2D eigenvalue weighted by Gasteiger charge is 2.15. The lowest BCUT2D eigenvalue weighted by molar-refractivity contribution is -0.384. The van der Waals surface area contributed by atoms with Crippen molar-refractivity contribution in [3.05, 3.63) is 33.9 Å². The summed E-state index contributed by atoms with van der Waals surface area (Å²) in [6.07, 6.45) is -2.39. The molecule has 0 spiro atoms. The molecule has 0 aromatic heterocycles. The van der Waals surface area contributed by atoms with Gasteiger partial charge in [-0.05, 0) is 25.6 Å². The third-order valence-corrected chi connectivity index (χ3v) is 2.53. The van der Waals surface area contributed by atoms with Crippen LogP contribution in [0.4, 0.5) is 20.2 Å². The minimum absolute atomic E-state index is 0.0119. The van der Waals surface area contributed by atoms with Crippen molar-refractivity contribution >= 4 is 11.4 Å². The van der Waals surface area contributed by atoms with E-state index in [0.29, 0.717) is 18.8 Å². The Balaban J connectivity index is 2.86. The van der Waals surface area contributed by atoms with Crippen LogP contribution >= 0.6 is 0 Å². The van der Waals surface area contributed by atoms with Crippen LogP contribution in [0.1, 0.15) is 12.5 Å². The first-order chi connectivity index (χ1) is 8.93. The Morgan fingerprint density at radius 2 is 2.16 bits per heavy atom. The van der Waals surface area contributed by atoms with Crippen molar-refractivity contribution in [3.63, 3.8) is 0 Å². The number of halogens is 2. The average molecular weight is 273 g/mol. The SMILES string of the molecule is CCNc1cc(CN(C)CC(F)F)ccc1[N+](=O)[O-]. The predicted molar refractivity (Wildman–Crippen MR) is 69.6 cm³/mol. The molecule has 0 heterocycles. The lowest BCUT2D eigenvalue weighted by Crippen LogP contribution is -2.24. The van der Waals surface area contributed by atoms with Gasteiger partial charge in [0.05, 0.1) is 11.5 Å². The largest absolute Gasteiger partial charge is 0.380 e. The van der Waals surface area contributed by atoms with Gasteiger partial charge in [0.25, 0.3) is 12.1 Å². The number of nitrogens with zero attached hydrogens (tertiary/aromatic N) is 2. The first-order valence-electron chi connectivity index (χ1n) is 5.92. The molecule has 0 unspecified atom stereocenters. The number of nitro benzene ring substituents is 1. The number of hydrogen-bond donors (Lipinski definition) is 1. The molecule has 0 aliphatic heterocycles. The highest BCUT2D eigenvalue weighted by Crippen LogP contribution is 2.25. The third-order valence-electron chi connectivity index (χ3n) is 2.53. The van der Waals surface area contributed by atoms with E-state index in [0.717, 1.165) is 5.56 Å². The number of anilines is 1. The van der Waals surface area contributed by atoms with E-state index in [1.165, 1.54) is 11.0 Å². The lowest BCUT2D eigenvalue weighted by atomic mass is 10.1. The molecule has 0 fully saturated rings. The van der Waals surface area contributed by atoms with Gasteiger partial charge in [-0.3, -0.25) is 15.0 Å². The van der Waals surface area contributed by atoms with E-state index in [2.05, 4.69) is 5.32 Å². The smallest absolute Gasteiger partial charge is 0.292 e. The van der Waals surface area contributed by atoms with Crippen LogP contribution in [-0.4, -0.2) is 36.4 Å². The molecule has 106 valence electrons. The van der Waals surface area contributed by atoms with E-state index in [1.807, 2.05) is 6.92 Å². The summed E-state index contributed by atoms with van der Waals surface area (Å²) in [5.74, 6) is 0. The minimum atomic E-state index is -2.39. The van der Waals surface area contributed by atoms with Crippen molar-refractivity contribution in [3.8, 4) is 0 Å². The maximum atomic E-state index is 12.2. The highest BCUT2D eigenvalue weighted by molar-refractivity contribution is 5.62. The first kappa shape index (κ1) is 15.3. The molecule has 1 aromatic rings. The zero-order valence-electron chi connectivity index (χ0n) is 10.9. The van der Waals surface area contributed by atoms with Gasteiger partial charge in [0.2, 0.25) is 0 Å². The van der Waals surface area contributed by atoms with Gasteiger partial charge >= 0.3 is 0 Å². The minimum Gasteiger partial charge on any atom is -0.380 e. The molecule has 19 heavy (non-hydrogen) atoms. The topological polar surface area (TPSA) is 58.4 Å². The summed E-state index contributed by atoms with van der Waals surface area (Å²) in [6, 6.07) is 4.61. The maximum Gasteiger partial charge on any atom is 0.292 e. The van der Waals surface area contributed by atoms with E-state index in [-0.39, 0.29) is 12.2 Å². The Hall–Kier alpha value is -1.76. The summed E-state index contributed by atoms with van der Waals surface area (Å²) < 4.78 is 24.4. The van der Waals surface area contributed by atoms with Crippen molar-refractivity contribution < 1.29 is 13.7 Å². The molecular formula is C12H17F2N3O2. The fourth-order valence-corrected chi connectivity index (χ4v) is 1.78. The average Bonchev–Trinajstić information content (AvgIpc) is 2.27. The molecular weight excluding hydrogens is 256 g/mol. The Morgan fingerprint density at radius 3 is 2.68 bits per heavy atom. The third kappa shape index (κ3) is 4.78. The van der Waals surface area contributed by atoms with Gasteiger partial charge in [0, 0.05) is 19.2 Å². The van der Waals surface area contributed by atoms with Gasteiger partial charge in [0.15, 0.2) is 0 Å². The fraction of sp³-hybridized carbons (Fsp3) is 0.500. The highest BCUT2D eigenvalue weighted by atomic mass is 19.3. The lowest BCUT2D eigenvalue weighted by Gasteiger charge is -2.16. The Labute approximate surface area is 110 Å². The number of nitro groups is 1. The van der Waals surface area contributed by atoms with Gasteiger partial charge in [0.1, 0.15) is 5.69 Å². The van der Waals surface area contributed by atoms with Crippen LogP contribution in [0.15, 0.2) is 18.2 Å². The van der Waals surface area contributed by atoms with Crippen molar-refractivity contribution in [2.75, 3.05) is 25.5 Å². The van der Waals surface area contributed by atoms with Gasteiger partial charge < -0.3 is 5.32 Å². The summed E-state index contributed by atoms with van der Waals surface area (Å²) in [5.41, 5.74) is 1.15. The van der Waals surface area contributed by atoms with Crippen LogP contribution in [-0.2, 0) is 6.54 Å². The summed E-state index contributed by atoms with van der Waals surface area (Å²) in [6.45, 7) is 2.38. The second kappa shape index (κ2) is 6.98. The number of benzene rings is 1. The van der Waals surface area contributed by atoms with Crippen LogP contribution in [0.5, 0.6) is 0 Å². The molecule has 0 aliphatic rings. The van der Waals surface area contributed by atoms with Crippen LogP contribution in [0.25, 0.3) is 0 Å². The molecule has 0 aliphatic carbocycles. The standard InChI is InChI=1S/C12H17F2N3O2/c1-3-15-10-6-9(4-5-11(10)17(18)19)7-16(2)8-12(13)14/h4-6,12,15H,3,7-8H2,1-2H3. The van der Waals surface area contributed by atoms with Gasteiger partial charge in [-0.15, -0.1) is 0 Å². The molecule has 1 aromatic carbocycles. The van der Waals surface area contributed by atoms with Gasteiger partial charge in [-0.2, -0.15) is 0 Å². The molecule has 0 atom stereocenters. The number of hydrogen-bond acceptors (Lipinski definition) is 4. The molecule has 0 saturated heterocycles. The zero-order valence-corrected chi connectivity index (χ0v) is 10.9. The van der Waals surface area contributed by atoms with Gasteiger partial charge in [-0.1, -0.05) is 6.07 Å². The zero-order chi connectivity index (χ0) is 14.4. The van der Waals surface area contributed by atoms with Gasteiger partial charge in [-0.25, -0.2) is 8.78 Å². The molecule has 7 heteroatoms. The predicted octanol–water partition coefficient (Wildman–Crippen LogP) is 2.72. The molecule has 1 N–H and O–H groups in total. The van der Waals surface area contributed by atoms with Crippen LogP contribution < -0.4 is 5.32 Å². The number of nitrogens with one attached hydrogen (secondary N) is 1. The molecule has 0 amide bonds. The summed E-state index contributed by atoms with van der Waals surface area (Å²) in [7, 11) is 1.58. The Kier molecular flexibility index (Phi) is 5.62. The molecule has 0 bridgehead atoms. The Bertz CT molecular complexity index is 441. The summed E-state index contributed by atoms with van der Waals surface area (Å²) in [4.78, 5) is 11.8. The van der Waals surface area contributed by atoms with E-state index in [4.69, 9.17) is 0 Å². The summed E-state index contributed by atoms with van der Waals surface area (Å²) >= 11 is 0. The molecule has 5 nitrogen and oxygen atoms in total. The molecule has 0 radical (unpaired) electrons. The van der Waals surface area contributed by atoms with Crippen LogP contribution in [0.2, 0.25) is 0 Å². The maximum absolute atomic E-state index is 12.2. The molecule has 1 rings (SSSR count). The van der Waals surface area contributed by atoms with Crippen molar-refractivity contribution in [2.45, 2.75) is 19.9 Å². The van der Waals surface area contributed by atoms with Crippen LogP contribution in [0, 0.1) is 10.1 Å². The summed E-state index contributed by atoms with van der Waals surface area (Å²) in [5, 5.41) is 13.7. The van der Waals surface area contributed by atoms with Crippen molar-refractivity contribution in [2.24, 2.45) is 0 Å². The monoisotopic (exact) mass is 273 g/mol. The number of alkyl halides is 2. The number of rotatable bonds is 7. The van der Waals surface area contributed by atoms with Crippen LogP contribution in [0.3, 0.4) is 0 Å². The van der Waals surface area contributed by atoms with Crippen molar-refractivity contribution in [1.29, 1.82) is 0 Å². The first-order valence-corrected chi connectivity index (χ1v) is 5.92. The quantitative estimate of drug-likeness (QED) is 0.613.